The van der Waals surface area contributed by atoms with E-state index in [4.69, 9.17) is 11.6 Å². The van der Waals surface area contributed by atoms with Crippen molar-refractivity contribution < 1.29 is 0 Å². The number of rotatable bonds is 3. The van der Waals surface area contributed by atoms with E-state index < -0.39 is 0 Å². The zero-order chi connectivity index (χ0) is 19.9. The van der Waals surface area contributed by atoms with E-state index in [9.17, 15) is 0 Å². The fraction of sp³-hybridized carbons (Fsp3) is 0.217. The highest BCUT2D eigenvalue weighted by atomic mass is 35.5. The highest BCUT2D eigenvalue weighted by Gasteiger charge is 2.17. The van der Waals surface area contributed by atoms with Gasteiger partial charge in [0.2, 0.25) is 0 Å². The van der Waals surface area contributed by atoms with Crippen LogP contribution < -0.4 is 5.32 Å². The summed E-state index contributed by atoms with van der Waals surface area (Å²) >= 11 is 7.76. The highest BCUT2D eigenvalue weighted by Crippen LogP contribution is 2.41. The predicted molar refractivity (Wildman–Crippen MR) is 121 cm³/mol. The van der Waals surface area contributed by atoms with Gasteiger partial charge in [0.25, 0.3) is 0 Å². The first kappa shape index (κ1) is 18.9. The van der Waals surface area contributed by atoms with Crippen molar-refractivity contribution in [3.8, 4) is 11.1 Å². The molecule has 142 valence electrons. The van der Waals surface area contributed by atoms with Gasteiger partial charge in [0, 0.05) is 21.2 Å². The SMILES string of the molecule is Cc1sc2ncnc(Nc3ccc(C(C)(C)C)cc3)c2c1-c1ccc(Cl)cc1. The number of thiophene rings is 1. The van der Waals surface area contributed by atoms with Gasteiger partial charge in [-0.3, -0.25) is 0 Å². The maximum Gasteiger partial charge on any atom is 0.143 e. The molecular weight excluding hydrogens is 386 g/mol. The lowest BCUT2D eigenvalue weighted by Crippen LogP contribution is -2.10. The van der Waals surface area contributed by atoms with Crippen LogP contribution in [0.1, 0.15) is 31.2 Å². The average molecular weight is 408 g/mol. The minimum Gasteiger partial charge on any atom is -0.340 e. The Morgan fingerprint density at radius 3 is 2.25 bits per heavy atom. The second kappa shape index (κ2) is 7.19. The first-order valence-electron chi connectivity index (χ1n) is 9.20. The summed E-state index contributed by atoms with van der Waals surface area (Å²) in [7, 11) is 0. The maximum atomic E-state index is 6.08. The fourth-order valence-electron chi connectivity index (χ4n) is 3.29. The molecule has 2 heterocycles. The maximum absolute atomic E-state index is 6.08. The molecule has 4 rings (SSSR count). The van der Waals surface area contributed by atoms with Crippen LogP contribution >= 0.6 is 22.9 Å². The van der Waals surface area contributed by atoms with E-state index in [1.54, 1.807) is 17.7 Å². The molecular formula is C23H22ClN3S. The van der Waals surface area contributed by atoms with Crippen LogP contribution in [0.2, 0.25) is 5.02 Å². The Bertz CT molecular complexity index is 1120. The van der Waals surface area contributed by atoms with Crippen molar-refractivity contribution in [2.45, 2.75) is 33.1 Å². The third-order valence-corrected chi connectivity index (χ3v) is 6.08. The van der Waals surface area contributed by atoms with Gasteiger partial charge in [-0.05, 0) is 47.7 Å². The summed E-state index contributed by atoms with van der Waals surface area (Å²) < 4.78 is 0. The summed E-state index contributed by atoms with van der Waals surface area (Å²) in [4.78, 5) is 11.2. The Morgan fingerprint density at radius 1 is 0.929 bits per heavy atom. The van der Waals surface area contributed by atoms with Gasteiger partial charge in [0.05, 0.1) is 5.39 Å². The second-order valence-corrected chi connectivity index (χ2v) is 9.53. The Kier molecular flexibility index (Phi) is 4.86. The quantitative estimate of drug-likeness (QED) is 0.385. The summed E-state index contributed by atoms with van der Waals surface area (Å²) in [6.45, 7) is 8.78. The van der Waals surface area contributed by atoms with E-state index in [0.717, 1.165) is 37.9 Å². The van der Waals surface area contributed by atoms with Gasteiger partial charge < -0.3 is 5.32 Å². The van der Waals surface area contributed by atoms with E-state index in [1.807, 2.05) is 24.3 Å². The molecule has 0 amide bonds. The van der Waals surface area contributed by atoms with Crippen molar-refractivity contribution in [2.75, 3.05) is 5.32 Å². The Morgan fingerprint density at radius 2 is 1.61 bits per heavy atom. The van der Waals surface area contributed by atoms with Crippen LogP contribution in [-0.4, -0.2) is 9.97 Å². The molecule has 0 saturated heterocycles. The number of aryl methyl sites for hydroxylation is 1. The molecule has 0 spiro atoms. The molecule has 0 saturated carbocycles. The summed E-state index contributed by atoms with van der Waals surface area (Å²) in [6, 6.07) is 16.5. The van der Waals surface area contributed by atoms with Crippen LogP contribution in [0.25, 0.3) is 21.3 Å². The largest absolute Gasteiger partial charge is 0.340 e. The molecule has 0 radical (unpaired) electrons. The third-order valence-electron chi connectivity index (χ3n) is 4.81. The molecule has 2 aromatic carbocycles. The van der Waals surface area contributed by atoms with Crippen molar-refractivity contribution in [1.29, 1.82) is 0 Å². The number of hydrogen-bond acceptors (Lipinski definition) is 4. The molecule has 0 unspecified atom stereocenters. The molecule has 0 aliphatic rings. The van der Waals surface area contributed by atoms with Crippen LogP contribution in [0, 0.1) is 6.92 Å². The number of fused-ring (bicyclic) bond motifs is 1. The smallest absolute Gasteiger partial charge is 0.143 e. The zero-order valence-electron chi connectivity index (χ0n) is 16.4. The van der Waals surface area contributed by atoms with E-state index in [2.05, 4.69) is 67.2 Å². The molecule has 0 bridgehead atoms. The van der Waals surface area contributed by atoms with Crippen molar-refractivity contribution >= 4 is 44.7 Å². The number of benzene rings is 2. The molecule has 2 aromatic heterocycles. The number of halogens is 1. The Hall–Kier alpha value is -2.43. The number of nitrogens with one attached hydrogen (secondary N) is 1. The van der Waals surface area contributed by atoms with Crippen molar-refractivity contribution in [2.24, 2.45) is 0 Å². The standard InChI is InChI=1S/C23H22ClN3S/c1-14-19(15-5-9-17(24)10-6-15)20-21(25-13-26-22(20)28-14)27-18-11-7-16(8-12-18)23(2,3)4/h5-13H,1-4H3,(H,25,26,27). The van der Waals surface area contributed by atoms with E-state index in [1.165, 1.54) is 10.4 Å². The highest BCUT2D eigenvalue weighted by molar-refractivity contribution is 7.19. The molecule has 0 aliphatic carbocycles. The van der Waals surface area contributed by atoms with Gasteiger partial charge >= 0.3 is 0 Å². The average Bonchev–Trinajstić information content (AvgIpc) is 2.99. The molecule has 0 atom stereocenters. The van der Waals surface area contributed by atoms with Crippen molar-refractivity contribution in [1.82, 2.24) is 9.97 Å². The Balaban J connectivity index is 1.78. The zero-order valence-corrected chi connectivity index (χ0v) is 17.9. The van der Waals surface area contributed by atoms with Gasteiger partial charge in [-0.25, -0.2) is 9.97 Å². The van der Waals surface area contributed by atoms with Gasteiger partial charge in [-0.1, -0.05) is 56.6 Å². The Labute approximate surface area is 174 Å². The first-order chi connectivity index (χ1) is 13.3. The van der Waals surface area contributed by atoms with Crippen molar-refractivity contribution in [3.05, 3.63) is 70.3 Å². The van der Waals surface area contributed by atoms with Gasteiger partial charge in [-0.2, -0.15) is 0 Å². The summed E-state index contributed by atoms with van der Waals surface area (Å²) in [5, 5.41) is 5.27. The van der Waals surface area contributed by atoms with Crippen LogP contribution in [0.4, 0.5) is 11.5 Å². The van der Waals surface area contributed by atoms with Gasteiger partial charge in [0.1, 0.15) is 17.0 Å². The topological polar surface area (TPSA) is 37.8 Å². The third kappa shape index (κ3) is 3.62. The monoisotopic (exact) mass is 407 g/mol. The normalized spacial score (nSPS) is 11.8. The first-order valence-corrected chi connectivity index (χ1v) is 10.4. The van der Waals surface area contributed by atoms with Crippen LogP contribution in [0.15, 0.2) is 54.9 Å². The van der Waals surface area contributed by atoms with E-state index in [0.29, 0.717) is 0 Å². The van der Waals surface area contributed by atoms with Crippen molar-refractivity contribution in [3.63, 3.8) is 0 Å². The van der Waals surface area contributed by atoms with Crippen LogP contribution in [0.3, 0.4) is 0 Å². The van der Waals surface area contributed by atoms with Crippen LogP contribution in [0.5, 0.6) is 0 Å². The molecule has 4 aromatic rings. The lowest BCUT2D eigenvalue weighted by atomic mass is 9.87. The molecule has 3 nitrogen and oxygen atoms in total. The molecule has 1 N–H and O–H groups in total. The lowest BCUT2D eigenvalue weighted by molar-refractivity contribution is 0.590. The molecule has 28 heavy (non-hydrogen) atoms. The van der Waals surface area contributed by atoms with E-state index in [-0.39, 0.29) is 5.41 Å². The molecule has 5 heteroatoms. The number of anilines is 2. The van der Waals surface area contributed by atoms with Gasteiger partial charge in [0.15, 0.2) is 0 Å². The number of aromatic nitrogens is 2. The molecule has 0 fully saturated rings. The number of nitrogens with zero attached hydrogens (tertiary/aromatic N) is 2. The van der Waals surface area contributed by atoms with E-state index >= 15 is 0 Å². The number of hydrogen-bond donors (Lipinski definition) is 1. The summed E-state index contributed by atoms with van der Waals surface area (Å²) in [6.07, 6.45) is 1.62. The van der Waals surface area contributed by atoms with Gasteiger partial charge in [-0.15, -0.1) is 11.3 Å². The van der Waals surface area contributed by atoms with Crippen LogP contribution in [-0.2, 0) is 5.41 Å². The molecule has 0 aliphatic heterocycles. The summed E-state index contributed by atoms with van der Waals surface area (Å²) in [5.41, 5.74) is 4.73. The fourth-order valence-corrected chi connectivity index (χ4v) is 4.43. The minimum absolute atomic E-state index is 0.132. The summed E-state index contributed by atoms with van der Waals surface area (Å²) in [5.74, 6) is 0.822. The minimum atomic E-state index is 0.132. The lowest BCUT2D eigenvalue weighted by Gasteiger charge is -2.19. The second-order valence-electron chi connectivity index (χ2n) is 7.89. The predicted octanol–water partition coefficient (Wildman–Crippen LogP) is 7.36.